The first-order chi connectivity index (χ1) is 12.2. The zero-order chi connectivity index (χ0) is 17.7. The minimum absolute atomic E-state index is 0.0817. The molecule has 4 heteroatoms. The lowest BCUT2D eigenvalue weighted by molar-refractivity contribution is -0.136. The number of likely N-dealkylation sites (tertiary alicyclic amines) is 1. The molecular formula is C21H26N2O2. The van der Waals surface area contributed by atoms with Crippen molar-refractivity contribution in [2.24, 2.45) is 5.73 Å². The molecule has 0 saturated carbocycles. The third-order valence-electron chi connectivity index (χ3n) is 5.08. The fourth-order valence-corrected chi connectivity index (χ4v) is 3.83. The first kappa shape index (κ1) is 17.6. The summed E-state index contributed by atoms with van der Waals surface area (Å²) in [6.45, 7) is 1.20. The monoisotopic (exact) mass is 338 g/mol. The van der Waals surface area contributed by atoms with Crippen molar-refractivity contribution in [2.75, 3.05) is 13.1 Å². The third-order valence-corrected chi connectivity index (χ3v) is 5.08. The Balaban J connectivity index is 2.01. The summed E-state index contributed by atoms with van der Waals surface area (Å²) >= 11 is 0. The highest BCUT2D eigenvalue weighted by Gasteiger charge is 2.46. The van der Waals surface area contributed by atoms with Crippen molar-refractivity contribution < 1.29 is 9.90 Å². The van der Waals surface area contributed by atoms with Crippen LogP contribution in [0.5, 0.6) is 0 Å². The highest BCUT2D eigenvalue weighted by Crippen LogP contribution is 2.40. The highest BCUT2D eigenvalue weighted by molar-refractivity contribution is 5.77. The van der Waals surface area contributed by atoms with Gasteiger partial charge in [-0.1, -0.05) is 60.7 Å². The Labute approximate surface area is 149 Å². The summed E-state index contributed by atoms with van der Waals surface area (Å²) in [5, 5.41) is 11.9. The van der Waals surface area contributed by atoms with Crippen molar-refractivity contribution in [3.05, 3.63) is 71.8 Å². The molecular weight excluding hydrogens is 312 g/mol. The Morgan fingerprint density at radius 3 is 2.16 bits per heavy atom. The van der Waals surface area contributed by atoms with Gasteiger partial charge in [-0.3, -0.25) is 4.79 Å². The van der Waals surface area contributed by atoms with E-state index in [9.17, 15) is 9.90 Å². The molecule has 0 aliphatic carbocycles. The van der Waals surface area contributed by atoms with Crippen LogP contribution >= 0.6 is 0 Å². The molecule has 3 N–H and O–H groups in total. The molecule has 0 radical (unpaired) electrons. The van der Waals surface area contributed by atoms with Crippen LogP contribution in [0.3, 0.4) is 0 Å². The Hall–Kier alpha value is -2.17. The van der Waals surface area contributed by atoms with E-state index in [0.717, 1.165) is 24.0 Å². The van der Waals surface area contributed by atoms with Crippen LogP contribution in [0.4, 0.5) is 0 Å². The molecule has 0 spiro atoms. The smallest absolute Gasteiger partial charge is 0.222 e. The summed E-state index contributed by atoms with van der Waals surface area (Å²) in [5.41, 5.74) is 5.99. The molecule has 1 saturated heterocycles. The molecule has 1 heterocycles. The summed E-state index contributed by atoms with van der Waals surface area (Å²) in [6.07, 6.45) is 2.81. The number of rotatable bonds is 6. The zero-order valence-corrected chi connectivity index (χ0v) is 14.5. The van der Waals surface area contributed by atoms with Crippen LogP contribution in [0, 0.1) is 0 Å². The van der Waals surface area contributed by atoms with Gasteiger partial charge in [-0.15, -0.1) is 0 Å². The quantitative estimate of drug-likeness (QED) is 0.851. The summed E-state index contributed by atoms with van der Waals surface area (Å²) in [6, 6.07) is 19.1. The number of aliphatic hydroxyl groups is 1. The van der Waals surface area contributed by atoms with Crippen LogP contribution in [0.1, 0.15) is 36.8 Å². The second-order valence-electron chi connectivity index (χ2n) is 6.64. The van der Waals surface area contributed by atoms with E-state index in [1.165, 1.54) is 0 Å². The van der Waals surface area contributed by atoms with Crippen LogP contribution in [0.25, 0.3) is 0 Å². The van der Waals surface area contributed by atoms with Crippen molar-refractivity contribution in [2.45, 2.75) is 37.3 Å². The molecule has 1 unspecified atom stereocenters. The maximum atomic E-state index is 12.7. The Morgan fingerprint density at radius 1 is 1.08 bits per heavy atom. The number of hydrogen-bond acceptors (Lipinski definition) is 3. The maximum absolute atomic E-state index is 12.7. The predicted molar refractivity (Wildman–Crippen MR) is 98.9 cm³/mol. The van der Waals surface area contributed by atoms with Gasteiger partial charge in [-0.05, 0) is 36.9 Å². The first-order valence-corrected chi connectivity index (χ1v) is 9.01. The van der Waals surface area contributed by atoms with Crippen molar-refractivity contribution in [1.29, 1.82) is 0 Å². The lowest BCUT2D eigenvalue weighted by atomic mass is 9.79. The zero-order valence-electron chi connectivity index (χ0n) is 14.5. The van der Waals surface area contributed by atoms with Crippen LogP contribution in [0.2, 0.25) is 0 Å². The second kappa shape index (κ2) is 7.81. The van der Waals surface area contributed by atoms with Crippen molar-refractivity contribution >= 4 is 5.91 Å². The topological polar surface area (TPSA) is 66.6 Å². The molecule has 0 bridgehead atoms. The van der Waals surface area contributed by atoms with Gasteiger partial charge in [0.2, 0.25) is 5.91 Å². The van der Waals surface area contributed by atoms with Gasteiger partial charge in [0.05, 0.1) is 6.04 Å². The summed E-state index contributed by atoms with van der Waals surface area (Å²) < 4.78 is 0. The van der Waals surface area contributed by atoms with E-state index < -0.39 is 5.60 Å². The minimum atomic E-state index is -1.21. The van der Waals surface area contributed by atoms with Crippen LogP contribution in [-0.4, -0.2) is 35.0 Å². The Kier molecular flexibility index (Phi) is 5.51. The number of nitrogens with zero attached hydrogens (tertiary/aromatic N) is 1. The minimum Gasteiger partial charge on any atom is -0.378 e. The lowest BCUT2D eigenvalue weighted by Crippen LogP contribution is -2.50. The van der Waals surface area contributed by atoms with E-state index in [2.05, 4.69) is 0 Å². The molecule has 132 valence electrons. The van der Waals surface area contributed by atoms with E-state index in [-0.39, 0.29) is 11.9 Å². The van der Waals surface area contributed by atoms with Gasteiger partial charge >= 0.3 is 0 Å². The fraction of sp³-hybridized carbons (Fsp3) is 0.381. The predicted octanol–water partition coefficient (Wildman–Crippen LogP) is 2.65. The van der Waals surface area contributed by atoms with Gasteiger partial charge in [-0.25, -0.2) is 0 Å². The largest absolute Gasteiger partial charge is 0.378 e. The van der Waals surface area contributed by atoms with Crippen molar-refractivity contribution in [3.8, 4) is 0 Å². The molecule has 1 aliphatic rings. The number of nitrogens with two attached hydrogens (primary N) is 1. The highest BCUT2D eigenvalue weighted by atomic mass is 16.3. The van der Waals surface area contributed by atoms with Crippen LogP contribution in [0.15, 0.2) is 60.7 Å². The van der Waals surface area contributed by atoms with Gasteiger partial charge in [-0.2, -0.15) is 0 Å². The molecule has 4 nitrogen and oxygen atoms in total. The molecule has 1 amide bonds. The molecule has 25 heavy (non-hydrogen) atoms. The Bertz CT molecular complexity index is 648. The third kappa shape index (κ3) is 3.46. The average Bonchev–Trinajstić information content (AvgIpc) is 3.17. The number of benzene rings is 2. The first-order valence-electron chi connectivity index (χ1n) is 9.01. The van der Waals surface area contributed by atoms with E-state index >= 15 is 0 Å². The van der Waals surface area contributed by atoms with E-state index in [1.54, 1.807) is 0 Å². The number of carbonyl (C=O) groups is 1. The van der Waals surface area contributed by atoms with Gasteiger partial charge in [0.15, 0.2) is 0 Å². The number of amides is 1. The summed E-state index contributed by atoms with van der Waals surface area (Å²) in [4.78, 5) is 14.5. The molecule has 3 rings (SSSR count). The Morgan fingerprint density at radius 2 is 1.64 bits per heavy atom. The normalized spacial score (nSPS) is 17.7. The lowest BCUT2D eigenvalue weighted by Gasteiger charge is -2.40. The van der Waals surface area contributed by atoms with Gasteiger partial charge in [0.1, 0.15) is 5.60 Å². The maximum Gasteiger partial charge on any atom is 0.222 e. The van der Waals surface area contributed by atoms with Gasteiger partial charge in [0.25, 0.3) is 0 Å². The molecule has 0 aromatic heterocycles. The molecule has 2 aromatic carbocycles. The second-order valence-corrected chi connectivity index (χ2v) is 6.64. The van der Waals surface area contributed by atoms with Gasteiger partial charge in [0, 0.05) is 13.0 Å². The fourth-order valence-electron chi connectivity index (χ4n) is 3.83. The SMILES string of the molecule is NCCCC(=O)N1CCCC1C(O)(c1ccccc1)c1ccccc1. The van der Waals surface area contributed by atoms with Gasteiger partial charge < -0.3 is 15.7 Å². The molecule has 1 aliphatic heterocycles. The van der Waals surface area contributed by atoms with Crippen LogP contribution in [-0.2, 0) is 10.4 Å². The summed E-state index contributed by atoms with van der Waals surface area (Å²) in [5.74, 6) is 0.0817. The molecule has 1 atom stereocenters. The van der Waals surface area contributed by atoms with Crippen molar-refractivity contribution in [1.82, 2.24) is 4.90 Å². The molecule has 2 aromatic rings. The summed E-state index contributed by atoms with van der Waals surface area (Å²) in [7, 11) is 0. The van der Waals surface area contributed by atoms with Crippen molar-refractivity contribution in [3.63, 3.8) is 0 Å². The standard InChI is InChI=1S/C21H26N2O2/c22-15-7-14-20(24)23-16-8-13-19(23)21(25,17-9-3-1-4-10-17)18-11-5-2-6-12-18/h1-6,9-12,19,25H,7-8,13-16,22H2. The van der Waals surface area contributed by atoms with E-state index in [4.69, 9.17) is 5.73 Å². The van der Waals surface area contributed by atoms with E-state index in [0.29, 0.717) is 25.9 Å². The molecule has 1 fully saturated rings. The number of carbonyl (C=O) groups excluding carboxylic acids is 1. The average molecular weight is 338 g/mol. The number of hydrogen-bond donors (Lipinski definition) is 2. The van der Waals surface area contributed by atoms with E-state index in [1.807, 2.05) is 65.6 Å². The van der Waals surface area contributed by atoms with Crippen LogP contribution < -0.4 is 5.73 Å².